The van der Waals surface area contributed by atoms with E-state index in [9.17, 15) is 8.42 Å². The van der Waals surface area contributed by atoms with Crippen molar-refractivity contribution in [3.05, 3.63) is 44.7 Å². The first-order chi connectivity index (χ1) is 10.5. The lowest BCUT2D eigenvalue weighted by Crippen LogP contribution is -2.12. The summed E-state index contributed by atoms with van der Waals surface area (Å²) in [5.41, 5.74) is 0. The van der Waals surface area contributed by atoms with Crippen LogP contribution >= 0.6 is 34.3 Å². The molecule has 0 unspecified atom stereocenters. The topological polar surface area (TPSA) is 73.1 Å². The SMILES string of the molecule is C[C@@H](c1nc(-c2cccs2)no1)S(=O)(=O)Cc1ccc(Cl)s1. The number of sulfone groups is 1. The third-order valence-electron chi connectivity index (χ3n) is 3.04. The Bertz CT molecular complexity index is 868. The number of thiophene rings is 2. The molecule has 0 amide bonds. The molecule has 0 spiro atoms. The number of hydrogen-bond donors (Lipinski definition) is 0. The summed E-state index contributed by atoms with van der Waals surface area (Å²) < 4.78 is 30.6. The molecule has 0 N–H and O–H groups in total. The van der Waals surface area contributed by atoms with Crippen LogP contribution in [0, 0.1) is 0 Å². The van der Waals surface area contributed by atoms with Gasteiger partial charge in [0.05, 0.1) is 15.0 Å². The number of rotatable bonds is 5. The smallest absolute Gasteiger partial charge is 0.245 e. The summed E-state index contributed by atoms with van der Waals surface area (Å²) in [6, 6.07) is 7.12. The fourth-order valence-electron chi connectivity index (χ4n) is 1.81. The molecule has 3 heterocycles. The van der Waals surface area contributed by atoms with E-state index in [1.54, 1.807) is 19.1 Å². The Morgan fingerprint density at radius 3 is 2.82 bits per heavy atom. The van der Waals surface area contributed by atoms with Crippen LogP contribution in [-0.2, 0) is 15.6 Å². The van der Waals surface area contributed by atoms with E-state index in [-0.39, 0.29) is 11.6 Å². The monoisotopic (exact) mass is 374 g/mol. The van der Waals surface area contributed by atoms with Gasteiger partial charge in [0.1, 0.15) is 5.25 Å². The van der Waals surface area contributed by atoms with E-state index in [4.69, 9.17) is 16.1 Å². The van der Waals surface area contributed by atoms with Crippen molar-refractivity contribution >= 4 is 44.1 Å². The van der Waals surface area contributed by atoms with Gasteiger partial charge >= 0.3 is 0 Å². The molecule has 0 saturated heterocycles. The average Bonchev–Trinajstić information content (AvgIpc) is 3.17. The molecule has 0 saturated carbocycles. The number of halogens is 1. The van der Waals surface area contributed by atoms with Crippen molar-refractivity contribution < 1.29 is 12.9 Å². The molecule has 3 aromatic heterocycles. The second kappa shape index (κ2) is 6.11. The van der Waals surface area contributed by atoms with Gasteiger partial charge in [-0.1, -0.05) is 22.8 Å². The van der Waals surface area contributed by atoms with Crippen LogP contribution in [0.2, 0.25) is 4.34 Å². The first-order valence-electron chi connectivity index (χ1n) is 6.29. The first-order valence-corrected chi connectivity index (χ1v) is 10.1. The number of aromatic nitrogens is 2. The minimum absolute atomic E-state index is 0.0950. The van der Waals surface area contributed by atoms with Crippen LogP contribution in [-0.4, -0.2) is 18.6 Å². The molecule has 0 aliphatic heterocycles. The summed E-state index contributed by atoms with van der Waals surface area (Å²) in [5, 5.41) is 4.87. The zero-order chi connectivity index (χ0) is 15.7. The second-order valence-corrected chi connectivity index (χ2v) is 9.66. The molecule has 1 atom stereocenters. The van der Waals surface area contributed by atoms with Gasteiger partial charge in [-0.15, -0.1) is 22.7 Å². The van der Waals surface area contributed by atoms with E-state index in [2.05, 4.69) is 10.1 Å². The predicted molar refractivity (Wildman–Crippen MR) is 88.0 cm³/mol. The third-order valence-corrected chi connectivity index (χ3v) is 7.31. The van der Waals surface area contributed by atoms with E-state index in [1.807, 2.05) is 17.5 Å². The molecule has 116 valence electrons. The van der Waals surface area contributed by atoms with E-state index in [1.165, 1.54) is 22.7 Å². The van der Waals surface area contributed by atoms with Crippen molar-refractivity contribution in [3.63, 3.8) is 0 Å². The van der Waals surface area contributed by atoms with Gasteiger partial charge in [-0.25, -0.2) is 8.42 Å². The number of hydrogen-bond acceptors (Lipinski definition) is 7. The highest BCUT2D eigenvalue weighted by molar-refractivity contribution is 7.91. The molecule has 0 aromatic carbocycles. The highest BCUT2D eigenvalue weighted by atomic mass is 35.5. The highest BCUT2D eigenvalue weighted by Crippen LogP contribution is 2.30. The Balaban J connectivity index is 1.82. The molecule has 0 bridgehead atoms. The Morgan fingerprint density at radius 1 is 1.36 bits per heavy atom. The van der Waals surface area contributed by atoms with Gasteiger partial charge in [0.25, 0.3) is 0 Å². The van der Waals surface area contributed by atoms with Gasteiger partial charge in [-0.3, -0.25) is 0 Å². The van der Waals surface area contributed by atoms with E-state index >= 15 is 0 Å². The summed E-state index contributed by atoms with van der Waals surface area (Å²) in [6.07, 6.45) is 0. The Labute approximate surface area is 140 Å². The summed E-state index contributed by atoms with van der Waals surface area (Å²) in [4.78, 5) is 5.72. The van der Waals surface area contributed by atoms with Gasteiger partial charge in [-0.2, -0.15) is 4.98 Å². The number of nitrogens with zero attached hydrogens (tertiary/aromatic N) is 2. The Kier molecular flexibility index (Phi) is 4.35. The van der Waals surface area contributed by atoms with Crippen LogP contribution in [0.3, 0.4) is 0 Å². The standard InChI is InChI=1S/C13H11ClN2O3S3/c1-8(22(17,18)7-9-4-5-11(14)21-9)13-15-12(16-19-13)10-3-2-6-20-10/h2-6,8H,7H2,1H3/t8-/m0/s1. The quantitative estimate of drug-likeness (QED) is 0.669. The second-order valence-electron chi connectivity index (χ2n) is 4.59. The molecular weight excluding hydrogens is 364 g/mol. The zero-order valence-corrected chi connectivity index (χ0v) is 14.6. The molecule has 22 heavy (non-hydrogen) atoms. The lowest BCUT2D eigenvalue weighted by molar-refractivity contribution is 0.377. The van der Waals surface area contributed by atoms with Crippen molar-refractivity contribution in [3.8, 4) is 10.7 Å². The minimum Gasteiger partial charge on any atom is -0.338 e. The van der Waals surface area contributed by atoms with Crippen LogP contribution < -0.4 is 0 Å². The molecule has 0 aliphatic carbocycles. The maximum absolute atomic E-state index is 12.4. The first kappa shape index (κ1) is 15.7. The van der Waals surface area contributed by atoms with Crippen molar-refractivity contribution in [2.75, 3.05) is 0 Å². The van der Waals surface area contributed by atoms with E-state index < -0.39 is 15.1 Å². The zero-order valence-electron chi connectivity index (χ0n) is 11.4. The van der Waals surface area contributed by atoms with Gasteiger partial charge in [-0.05, 0) is 30.5 Å². The molecular formula is C13H11ClN2O3S3. The summed E-state index contributed by atoms with van der Waals surface area (Å²) in [7, 11) is -3.45. The maximum Gasteiger partial charge on any atom is 0.245 e. The Morgan fingerprint density at radius 2 is 2.18 bits per heavy atom. The lowest BCUT2D eigenvalue weighted by atomic mass is 10.4. The molecule has 0 radical (unpaired) electrons. The third kappa shape index (κ3) is 3.24. The largest absolute Gasteiger partial charge is 0.338 e. The van der Waals surface area contributed by atoms with Gasteiger partial charge in [0, 0.05) is 4.88 Å². The van der Waals surface area contributed by atoms with Crippen LogP contribution in [0.1, 0.15) is 22.9 Å². The van der Waals surface area contributed by atoms with E-state index in [0.29, 0.717) is 15.0 Å². The van der Waals surface area contributed by atoms with Crippen LogP contribution in [0.25, 0.3) is 10.7 Å². The van der Waals surface area contributed by atoms with Crippen LogP contribution in [0.4, 0.5) is 0 Å². The minimum atomic E-state index is -3.45. The van der Waals surface area contributed by atoms with Crippen LogP contribution in [0.15, 0.2) is 34.2 Å². The molecule has 0 fully saturated rings. The van der Waals surface area contributed by atoms with Gasteiger partial charge in [0.2, 0.25) is 11.7 Å². The molecule has 3 rings (SSSR count). The molecule has 5 nitrogen and oxygen atoms in total. The highest BCUT2D eigenvalue weighted by Gasteiger charge is 2.29. The fraction of sp³-hybridized carbons (Fsp3) is 0.231. The summed E-state index contributed by atoms with van der Waals surface area (Å²) in [6.45, 7) is 1.55. The van der Waals surface area contributed by atoms with Crippen molar-refractivity contribution in [1.29, 1.82) is 0 Å². The fourth-order valence-corrected chi connectivity index (χ4v) is 5.22. The van der Waals surface area contributed by atoms with Crippen molar-refractivity contribution in [2.24, 2.45) is 0 Å². The summed E-state index contributed by atoms with van der Waals surface area (Å²) >= 11 is 8.55. The van der Waals surface area contributed by atoms with E-state index in [0.717, 1.165) is 4.88 Å². The molecule has 9 heteroatoms. The average molecular weight is 375 g/mol. The maximum atomic E-state index is 12.4. The van der Waals surface area contributed by atoms with Crippen molar-refractivity contribution in [2.45, 2.75) is 17.9 Å². The molecule has 3 aromatic rings. The van der Waals surface area contributed by atoms with Crippen molar-refractivity contribution in [1.82, 2.24) is 10.1 Å². The van der Waals surface area contributed by atoms with Crippen LogP contribution in [0.5, 0.6) is 0 Å². The predicted octanol–water partition coefficient (Wildman–Crippen LogP) is 4.19. The lowest BCUT2D eigenvalue weighted by Gasteiger charge is -2.07. The van der Waals surface area contributed by atoms with Gasteiger partial charge in [0.15, 0.2) is 9.84 Å². The Hall–Kier alpha value is -1.22. The summed E-state index contributed by atoms with van der Waals surface area (Å²) in [5.74, 6) is 0.416. The normalized spacial score (nSPS) is 13.4. The van der Waals surface area contributed by atoms with Gasteiger partial charge < -0.3 is 4.52 Å². The molecule has 0 aliphatic rings.